The van der Waals surface area contributed by atoms with Gasteiger partial charge in [-0.05, 0) is 49.9 Å². The summed E-state index contributed by atoms with van der Waals surface area (Å²) in [6, 6.07) is 8.82. The van der Waals surface area contributed by atoms with Crippen LogP contribution in [0.3, 0.4) is 0 Å². The van der Waals surface area contributed by atoms with E-state index in [-0.39, 0.29) is 17.7 Å². The van der Waals surface area contributed by atoms with Crippen LogP contribution in [0, 0.1) is 0 Å². The van der Waals surface area contributed by atoms with Gasteiger partial charge in [-0.1, -0.05) is 12.1 Å². The van der Waals surface area contributed by atoms with E-state index in [1.807, 2.05) is 24.3 Å². The molecule has 1 aromatic carbocycles. The number of benzene rings is 1. The number of hydrogen-bond donors (Lipinski definition) is 2. The molecule has 0 spiro atoms. The highest BCUT2D eigenvalue weighted by Crippen LogP contribution is 2.14. The van der Waals surface area contributed by atoms with E-state index < -0.39 is 12.1 Å². The number of carboxylic acids is 1. The average Bonchev–Trinajstić information content (AvgIpc) is 3.22. The maximum Gasteiger partial charge on any atom is 0.356 e. The summed E-state index contributed by atoms with van der Waals surface area (Å²) in [6.07, 6.45) is 4.29. The van der Waals surface area contributed by atoms with Crippen molar-refractivity contribution in [2.45, 2.75) is 44.9 Å². The topological polar surface area (TPSA) is 103 Å². The molecule has 2 heterocycles. The quantitative estimate of drug-likeness (QED) is 0.720. The fourth-order valence-electron chi connectivity index (χ4n) is 2.99. The van der Waals surface area contributed by atoms with Crippen molar-refractivity contribution in [2.75, 3.05) is 13.2 Å². The number of rotatable bonds is 8. The zero-order chi connectivity index (χ0) is 19.9. The van der Waals surface area contributed by atoms with Crippen LogP contribution in [0.5, 0.6) is 0 Å². The molecular weight excluding hydrogens is 362 g/mol. The van der Waals surface area contributed by atoms with E-state index in [0.717, 1.165) is 37.1 Å². The summed E-state index contributed by atoms with van der Waals surface area (Å²) in [6.45, 7) is 3.25. The maximum atomic E-state index is 12.3. The molecule has 1 aliphatic heterocycles. The molecule has 0 radical (unpaired) electrons. The minimum atomic E-state index is -1.07. The maximum absolute atomic E-state index is 12.3. The molecule has 150 valence electrons. The minimum Gasteiger partial charge on any atom is -0.476 e. The zero-order valence-corrected chi connectivity index (χ0v) is 15.8. The van der Waals surface area contributed by atoms with Crippen LogP contribution in [0.2, 0.25) is 0 Å². The first-order valence-electron chi connectivity index (χ1n) is 9.42. The molecule has 1 aromatic heterocycles. The third kappa shape index (κ3) is 5.40. The van der Waals surface area contributed by atoms with Crippen LogP contribution in [0.4, 0.5) is 0 Å². The van der Waals surface area contributed by atoms with E-state index in [9.17, 15) is 9.59 Å². The second-order valence-corrected chi connectivity index (χ2v) is 6.80. The Morgan fingerprint density at radius 3 is 2.96 bits per heavy atom. The average molecular weight is 387 g/mol. The number of hydrogen-bond acceptors (Lipinski definition) is 5. The van der Waals surface area contributed by atoms with E-state index >= 15 is 0 Å². The number of amides is 1. The standard InChI is InChI=1S/C20H25N3O5/c1-14(28-13-17-7-2-3-10-27-17)19(24)21-12-15-5-4-6-16(11-15)23-9-8-18(22-23)20(25)26/h4-6,8-9,11,14,17H,2-3,7,10,12-13H2,1H3,(H,21,24)(H,25,26). The lowest BCUT2D eigenvalue weighted by Crippen LogP contribution is -2.36. The molecule has 2 unspecified atom stereocenters. The van der Waals surface area contributed by atoms with Crippen molar-refractivity contribution in [1.82, 2.24) is 15.1 Å². The van der Waals surface area contributed by atoms with Crippen molar-refractivity contribution < 1.29 is 24.2 Å². The number of carbonyl (C=O) groups is 2. The van der Waals surface area contributed by atoms with E-state index in [4.69, 9.17) is 14.6 Å². The van der Waals surface area contributed by atoms with Crippen molar-refractivity contribution in [1.29, 1.82) is 0 Å². The Hall–Kier alpha value is -2.71. The summed E-state index contributed by atoms with van der Waals surface area (Å²) in [7, 11) is 0. The van der Waals surface area contributed by atoms with Crippen LogP contribution >= 0.6 is 0 Å². The van der Waals surface area contributed by atoms with Crippen molar-refractivity contribution in [3.63, 3.8) is 0 Å². The number of aromatic nitrogens is 2. The third-order valence-corrected chi connectivity index (χ3v) is 4.63. The third-order valence-electron chi connectivity index (χ3n) is 4.63. The first-order valence-corrected chi connectivity index (χ1v) is 9.42. The second kappa shape index (κ2) is 9.48. The van der Waals surface area contributed by atoms with Crippen LogP contribution in [-0.4, -0.2) is 52.2 Å². The fourth-order valence-corrected chi connectivity index (χ4v) is 2.99. The number of carboxylic acid groups (broad SMARTS) is 1. The zero-order valence-electron chi connectivity index (χ0n) is 15.8. The van der Waals surface area contributed by atoms with E-state index in [1.54, 1.807) is 13.1 Å². The summed E-state index contributed by atoms with van der Waals surface area (Å²) in [5.41, 5.74) is 1.57. The minimum absolute atomic E-state index is 0.0216. The molecule has 0 saturated carbocycles. The summed E-state index contributed by atoms with van der Waals surface area (Å²) >= 11 is 0. The normalized spacial score (nSPS) is 17.8. The van der Waals surface area contributed by atoms with Crippen LogP contribution in [0.1, 0.15) is 42.2 Å². The second-order valence-electron chi connectivity index (χ2n) is 6.80. The van der Waals surface area contributed by atoms with Crippen LogP contribution in [-0.2, 0) is 20.8 Å². The van der Waals surface area contributed by atoms with Crippen molar-refractivity contribution >= 4 is 11.9 Å². The molecule has 8 nitrogen and oxygen atoms in total. The van der Waals surface area contributed by atoms with Crippen molar-refractivity contribution in [3.8, 4) is 5.69 Å². The summed E-state index contributed by atoms with van der Waals surface area (Å²) in [5, 5.41) is 15.9. The Labute approximate surface area is 163 Å². The van der Waals surface area contributed by atoms with Crippen molar-refractivity contribution in [2.24, 2.45) is 0 Å². The molecule has 2 aromatic rings. The number of ether oxygens (including phenoxy) is 2. The lowest BCUT2D eigenvalue weighted by molar-refractivity contribution is -0.135. The summed E-state index contributed by atoms with van der Waals surface area (Å²) < 4.78 is 12.7. The Kier molecular flexibility index (Phi) is 6.78. The van der Waals surface area contributed by atoms with Gasteiger partial charge in [0.25, 0.3) is 0 Å². The van der Waals surface area contributed by atoms with Gasteiger partial charge in [-0.3, -0.25) is 4.79 Å². The number of nitrogens with zero attached hydrogens (tertiary/aromatic N) is 2. The highest BCUT2D eigenvalue weighted by molar-refractivity contribution is 5.85. The van der Waals surface area contributed by atoms with Gasteiger partial charge in [0, 0.05) is 19.3 Å². The van der Waals surface area contributed by atoms with Gasteiger partial charge in [0.05, 0.1) is 18.4 Å². The van der Waals surface area contributed by atoms with Gasteiger partial charge >= 0.3 is 5.97 Å². The number of aromatic carboxylic acids is 1. The fraction of sp³-hybridized carbons (Fsp3) is 0.450. The van der Waals surface area contributed by atoms with E-state index in [2.05, 4.69) is 10.4 Å². The highest BCUT2D eigenvalue weighted by atomic mass is 16.5. The van der Waals surface area contributed by atoms with Crippen LogP contribution in [0.25, 0.3) is 5.69 Å². The molecule has 8 heteroatoms. The van der Waals surface area contributed by atoms with Crippen LogP contribution in [0.15, 0.2) is 36.5 Å². The van der Waals surface area contributed by atoms with Gasteiger partial charge in [0.1, 0.15) is 6.10 Å². The Morgan fingerprint density at radius 2 is 2.25 bits per heavy atom. The smallest absolute Gasteiger partial charge is 0.356 e. The molecule has 3 rings (SSSR count). The Morgan fingerprint density at radius 1 is 1.39 bits per heavy atom. The number of nitrogens with one attached hydrogen (secondary N) is 1. The molecule has 2 atom stereocenters. The monoisotopic (exact) mass is 387 g/mol. The largest absolute Gasteiger partial charge is 0.476 e. The van der Waals surface area contributed by atoms with Gasteiger partial charge in [0.15, 0.2) is 5.69 Å². The Balaban J connectivity index is 1.50. The van der Waals surface area contributed by atoms with Gasteiger partial charge in [-0.15, -0.1) is 0 Å². The van der Waals surface area contributed by atoms with Gasteiger partial charge in [-0.2, -0.15) is 5.10 Å². The molecule has 2 N–H and O–H groups in total. The first-order chi connectivity index (χ1) is 13.5. The number of carbonyl (C=O) groups excluding carboxylic acids is 1. The molecule has 1 fully saturated rings. The first kappa shape index (κ1) is 20.0. The molecule has 0 bridgehead atoms. The molecule has 1 amide bonds. The lowest BCUT2D eigenvalue weighted by atomic mass is 10.1. The molecule has 0 aliphatic carbocycles. The van der Waals surface area contributed by atoms with Gasteiger partial charge < -0.3 is 19.9 Å². The predicted molar refractivity (Wildman–Crippen MR) is 101 cm³/mol. The highest BCUT2D eigenvalue weighted by Gasteiger charge is 2.18. The van der Waals surface area contributed by atoms with E-state index in [1.165, 1.54) is 10.7 Å². The summed E-state index contributed by atoms with van der Waals surface area (Å²) in [4.78, 5) is 23.2. The summed E-state index contributed by atoms with van der Waals surface area (Å²) in [5.74, 6) is -1.26. The predicted octanol–water partition coefficient (Wildman–Crippen LogP) is 2.16. The SMILES string of the molecule is CC(OCC1CCCCO1)C(=O)NCc1cccc(-n2ccc(C(=O)O)n2)c1. The molecule has 1 aliphatic rings. The van der Waals surface area contributed by atoms with Gasteiger partial charge in [-0.25, -0.2) is 9.48 Å². The molecule has 1 saturated heterocycles. The molecular formula is C20H25N3O5. The lowest BCUT2D eigenvalue weighted by Gasteiger charge is -2.23. The van der Waals surface area contributed by atoms with Crippen molar-refractivity contribution in [3.05, 3.63) is 47.8 Å². The molecule has 28 heavy (non-hydrogen) atoms. The Bertz CT molecular complexity index is 814. The van der Waals surface area contributed by atoms with E-state index in [0.29, 0.717) is 13.2 Å². The van der Waals surface area contributed by atoms with Crippen LogP contribution < -0.4 is 5.32 Å². The van der Waals surface area contributed by atoms with Gasteiger partial charge in [0.2, 0.25) is 5.91 Å².